The number of rotatable bonds is 3. The number of nitrogens with zero attached hydrogens (tertiary/aromatic N) is 1. The highest BCUT2D eigenvalue weighted by Crippen LogP contribution is 1.91. The van der Waals surface area contributed by atoms with E-state index in [0.717, 1.165) is 13.1 Å². The third-order valence-corrected chi connectivity index (χ3v) is 1.34. The van der Waals surface area contributed by atoms with Gasteiger partial charge in [0, 0.05) is 0 Å². The van der Waals surface area contributed by atoms with Crippen molar-refractivity contribution in [2.75, 3.05) is 13.1 Å². The second-order valence-corrected chi connectivity index (χ2v) is 1.85. The smallest absolute Gasteiger partial charge is 0.104 e. The molecule has 0 saturated carbocycles. The highest BCUT2D eigenvalue weighted by atomic mass is 16.3. The molecule has 0 spiro atoms. The Labute approximate surface area is 56.6 Å². The fourth-order valence-electron chi connectivity index (χ4n) is 0.752. The summed E-state index contributed by atoms with van der Waals surface area (Å²) in [6.07, 6.45) is -0.287. The Balaban J connectivity index is 0. The summed E-state index contributed by atoms with van der Waals surface area (Å²) in [5.74, 6) is 0. The molecule has 1 unspecified atom stereocenters. The molecule has 3 heteroatoms. The van der Waals surface area contributed by atoms with Crippen LogP contribution < -0.4 is 0 Å². The maximum Gasteiger partial charge on any atom is 0.104 e. The zero-order valence-corrected chi connectivity index (χ0v) is 6.39. The van der Waals surface area contributed by atoms with E-state index in [9.17, 15) is 0 Å². The molecule has 0 rings (SSSR count). The summed E-state index contributed by atoms with van der Waals surface area (Å²) in [5, 5.41) is 8.94. The van der Waals surface area contributed by atoms with Gasteiger partial charge in [0.2, 0.25) is 0 Å². The van der Waals surface area contributed by atoms with Crippen LogP contribution in [0.25, 0.3) is 0 Å². The van der Waals surface area contributed by atoms with Crippen LogP contribution in [0.1, 0.15) is 20.8 Å². The van der Waals surface area contributed by atoms with Gasteiger partial charge in [-0.1, -0.05) is 13.8 Å². The van der Waals surface area contributed by atoms with Crippen molar-refractivity contribution in [1.29, 1.82) is 0 Å². The molecule has 0 heterocycles. The largest absolute Gasteiger partial charge is 0.412 e. The minimum atomic E-state index is -0.287. The van der Waals surface area contributed by atoms with Crippen molar-refractivity contribution in [2.24, 2.45) is 0 Å². The summed E-state index contributed by atoms with van der Waals surface area (Å²) in [6.45, 7) is 7.71. The third-order valence-electron chi connectivity index (χ3n) is 1.34. The van der Waals surface area contributed by atoms with E-state index in [4.69, 9.17) is 5.11 Å². The Morgan fingerprint density at radius 2 is 1.67 bits per heavy atom. The SMILES string of the molecule is CCN(CC)C(C)O.O. The van der Waals surface area contributed by atoms with Gasteiger partial charge >= 0.3 is 0 Å². The minimum Gasteiger partial charge on any atom is -0.412 e. The molecule has 0 aromatic heterocycles. The molecular formula is C6H17NO2. The molecule has 0 aromatic carbocycles. The fourth-order valence-corrected chi connectivity index (χ4v) is 0.752. The van der Waals surface area contributed by atoms with Gasteiger partial charge in [-0.2, -0.15) is 0 Å². The Morgan fingerprint density at radius 3 is 1.67 bits per heavy atom. The fraction of sp³-hybridized carbons (Fsp3) is 1.00. The predicted molar refractivity (Wildman–Crippen MR) is 38.2 cm³/mol. The third kappa shape index (κ3) is 4.39. The first kappa shape index (κ1) is 11.6. The summed E-state index contributed by atoms with van der Waals surface area (Å²) in [7, 11) is 0. The van der Waals surface area contributed by atoms with E-state index >= 15 is 0 Å². The van der Waals surface area contributed by atoms with Crippen LogP contribution in [0, 0.1) is 0 Å². The van der Waals surface area contributed by atoms with Crippen molar-refractivity contribution >= 4 is 0 Å². The molecule has 0 bridgehead atoms. The van der Waals surface area contributed by atoms with E-state index in [2.05, 4.69) is 0 Å². The van der Waals surface area contributed by atoms with Crippen LogP contribution in [0.3, 0.4) is 0 Å². The van der Waals surface area contributed by atoms with E-state index in [1.54, 1.807) is 6.92 Å². The Hall–Kier alpha value is -0.120. The number of aliphatic hydroxyl groups excluding tert-OH is 1. The van der Waals surface area contributed by atoms with E-state index in [0.29, 0.717) is 0 Å². The van der Waals surface area contributed by atoms with E-state index in [-0.39, 0.29) is 11.7 Å². The second kappa shape index (κ2) is 6.01. The highest BCUT2D eigenvalue weighted by Gasteiger charge is 2.02. The van der Waals surface area contributed by atoms with Crippen molar-refractivity contribution in [3.05, 3.63) is 0 Å². The Kier molecular flexibility index (Phi) is 7.77. The lowest BCUT2D eigenvalue weighted by Crippen LogP contribution is -2.32. The van der Waals surface area contributed by atoms with Gasteiger partial charge in [0.05, 0.1) is 0 Å². The Bertz CT molecular complexity index is 53.0. The highest BCUT2D eigenvalue weighted by molar-refractivity contribution is 4.49. The summed E-state index contributed by atoms with van der Waals surface area (Å²) in [4.78, 5) is 1.97. The predicted octanol–water partition coefficient (Wildman–Crippen LogP) is -0.158. The van der Waals surface area contributed by atoms with Gasteiger partial charge in [-0.3, -0.25) is 4.90 Å². The summed E-state index contributed by atoms with van der Waals surface area (Å²) >= 11 is 0. The van der Waals surface area contributed by atoms with Gasteiger partial charge < -0.3 is 10.6 Å². The van der Waals surface area contributed by atoms with Crippen LogP contribution in [0.5, 0.6) is 0 Å². The molecule has 0 aliphatic rings. The molecule has 1 atom stereocenters. The van der Waals surface area contributed by atoms with Crippen LogP contribution in [-0.2, 0) is 0 Å². The lowest BCUT2D eigenvalue weighted by Gasteiger charge is -2.20. The van der Waals surface area contributed by atoms with Gasteiger partial charge in [0.25, 0.3) is 0 Å². The molecule has 3 nitrogen and oxygen atoms in total. The van der Waals surface area contributed by atoms with Crippen molar-refractivity contribution < 1.29 is 10.6 Å². The van der Waals surface area contributed by atoms with Crippen molar-refractivity contribution in [3.8, 4) is 0 Å². The van der Waals surface area contributed by atoms with Crippen LogP contribution >= 0.6 is 0 Å². The average molecular weight is 135 g/mol. The first-order chi connectivity index (χ1) is 3.72. The van der Waals surface area contributed by atoms with Crippen molar-refractivity contribution in [2.45, 2.75) is 27.0 Å². The molecule has 0 radical (unpaired) electrons. The van der Waals surface area contributed by atoms with Gasteiger partial charge in [0.1, 0.15) is 6.23 Å². The van der Waals surface area contributed by atoms with Crippen LogP contribution in [0.15, 0.2) is 0 Å². The topological polar surface area (TPSA) is 55.0 Å². The lowest BCUT2D eigenvalue weighted by molar-refractivity contribution is 0.0265. The zero-order chi connectivity index (χ0) is 6.57. The molecule has 0 saturated heterocycles. The Morgan fingerprint density at radius 1 is 1.33 bits per heavy atom. The zero-order valence-electron chi connectivity index (χ0n) is 6.39. The molecule has 0 fully saturated rings. The lowest BCUT2D eigenvalue weighted by atomic mass is 10.5. The van der Waals surface area contributed by atoms with E-state index < -0.39 is 0 Å². The minimum absolute atomic E-state index is 0. The molecule has 0 amide bonds. The van der Waals surface area contributed by atoms with Gasteiger partial charge in [-0.15, -0.1) is 0 Å². The van der Waals surface area contributed by atoms with Crippen molar-refractivity contribution in [1.82, 2.24) is 4.90 Å². The maximum absolute atomic E-state index is 8.94. The van der Waals surface area contributed by atoms with Crippen molar-refractivity contribution in [3.63, 3.8) is 0 Å². The number of hydrogen-bond donors (Lipinski definition) is 1. The summed E-state index contributed by atoms with van der Waals surface area (Å²) < 4.78 is 0. The normalized spacial score (nSPS) is 13.0. The molecule has 9 heavy (non-hydrogen) atoms. The average Bonchev–Trinajstić information content (AvgIpc) is 1.69. The monoisotopic (exact) mass is 135 g/mol. The van der Waals surface area contributed by atoms with Gasteiger partial charge in [0.15, 0.2) is 0 Å². The summed E-state index contributed by atoms with van der Waals surface area (Å²) in [6, 6.07) is 0. The van der Waals surface area contributed by atoms with Crippen LogP contribution in [-0.4, -0.2) is 34.8 Å². The molecule has 0 aliphatic heterocycles. The molecule has 3 N–H and O–H groups in total. The molecule has 0 aliphatic carbocycles. The molecule has 0 aromatic rings. The maximum atomic E-state index is 8.94. The quantitative estimate of drug-likeness (QED) is 0.547. The second-order valence-electron chi connectivity index (χ2n) is 1.85. The standard InChI is InChI=1S/C6H15NO.H2O/c1-4-7(5-2)6(3)8;/h6,8H,4-5H2,1-3H3;1H2. The van der Waals surface area contributed by atoms with E-state index in [1.807, 2.05) is 18.7 Å². The first-order valence-corrected chi connectivity index (χ1v) is 3.14. The summed E-state index contributed by atoms with van der Waals surface area (Å²) in [5.41, 5.74) is 0. The molecular weight excluding hydrogens is 118 g/mol. The van der Waals surface area contributed by atoms with Crippen LogP contribution in [0.2, 0.25) is 0 Å². The van der Waals surface area contributed by atoms with Gasteiger partial charge in [-0.25, -0.2) is 0 Å². The van der Waals surface area contributed by atoms with Crippen LogP contribution in [0.4, 0.5) is 0 Å². The first-order valence-electron chi connectivity index (χ1n) is 3.14. The molecule has 58 valence electrons. The van der Waals surface area contributed by atoms with Gasteiger partial charge in [-0.05, 0) is 20.0 Å². The number of hydrogen-bond acceptors (Lipinski definition) is 2. The number of aliphatic hydroxyl groups is 1. The van der Waals surface area contributed by atoms with E-state index in [1.165, 1.54) is 0 Å².